The largest absolute Gasteiger partial charge is 0.490 e. The second kappa shape index (κ2) is 6.40. The molecule has 2 heterocycles. The number of amides is 1. The highest BCUT2D eigenvalue weighted by Gasteiger charge is 2.26. The Bertz CT molecular complexity index is 833. The zero-order valence-corrected chi connectivity index (χ0v) is 13.4. The van der Waals surface area contributed by atoms with Crippen molar-refractivity contribution < 1.29 is 9.53 Å². The second-order valence-corrected chi connectivity index (χ2v) is 6.17. The van der Waals surface area contributed by atoms with E-state index in [0.717, 1.165) is 48.1 Å². The molecule has 2 aromatic carbocycles. The molecule has 0 spiro atoms. The lowest BCUT2D eigenvalue weighted by molar-refractivity contribution is 0.0597. The van der Waals surface area contributed by atoms with Crippen molar-refractivity contribution in [2.75, 3.05) is 13.1 Å². The molecule has 122 valence electrons. The number of hydrogen-bond donors (Lipinski definition) is 1. The van der Waals surface area contributed by atoms with Crippen molar-refractivity contribution in [2.45, 2.75) is 18.9 Å². The van der Waals surface area contributed by atoms with Gasteiger partial charge >= 0.3 is 0 Å². The first-order chi connectivity index (χ1) is 11.8. The molecule has 1 amide bonds. The van der Waals surface area contributed by atoms with Crippen molar-refractivity contribution in [3.8, 4) is 5.75 Å². The van der Waals surface area contributed by atoms with Crippen LogP contribution in [0, 0.1) is 0 Å². The molecule has 0 atom stereocenters. The number of likely N-dealkylation sites (tertiary alicyclic amines) is 1. The van der Waals surface area contributed by atoms with Crippen LogP contribution in [0.15, 0.2) is 60.8 Å². The molecule has 1 aromatic heterocycles. The summed E-state index contributed by atoms with van der Waals surface area (Å²) >= 11 is 0. The minimum Gasteiger partial charge on any atom is -0.490 e. The molecule has 1 aliphatic heterocycles. The van der Waals surface area contributed by atoms with Gasteiger partial charge in [0.15, 0.2) is 0 Å². The normalized spacial score (nSPS) is 15.6. The van der Waals surface area contributed by atoms with Crippen molar-refractivity contribution in [2.24, 2.45) is 0 Å². The summed E-state index contributed by atoms with van der Waals surface area (Å²) in [5, 5.41) is 0.991. The average molecular weight is 320 g/mol. The monoisotopic (exact) mass is 320 g/mol. The van der Waals surface area contributed by atoms with Crippen molar-refractivity contribution in [1.82, 2.24) is 9.88 Å². The van der Waals surface area contributed by atoms with E-state index >= 15 is 0 Å². The smallest absolute Gasteiger partial charge is 0.256 e. The standard InChI is InChI=1S/C20H20N2O2/c23-20(18-14-21-19-9-5-4-8-17(18)19)22-12-10-16(11-13-22)24-15-6-2-1-3-7-15/h1-9,14,16,21H,10-13H2. The average Bonchev–Trinajstić information content (AvgIpc) is 3.07. The molecule has 4 heteroatoms. The topological polar surface area (TPSA) is 45.3 Å². The van der Waals surface area contributed by atoms with E-state index in [4.69, 9.17) is 4.74 Å². The Kier molecular flexibility index (Phi) is 3.95. The summed E-state index contributed by atoms with van der Waals surface area (Å²) in [5.74, 6) is 1.00. The minimum atomic E-state index is 0.102. The summed E-state index contributed by atoms with van der Waals surface area (Å²) in [6.45, 7) is 1.46. The van der Waals surface area contributed by atoms with Gasteiger partial charge in [-0.2, -0.15) is 0 Å². The lowest BCUT2D eigenvalue weighted by atomic mass is 10.1. The van der Waals surface area contributed by atoms with Crippen molar-refractivity contribution in [1.29, 1.82) is 0 Å². The molecule has 0 aliphatic carbocycles. The molecule has 1 saturated heterocycles. The molecule has 1 aliphatic rings. The van der Waals surface area contributed by atoms with Gasteiger partial charge in [-0.1, -0.05) is 36.4 Å². The number of ether oxygens (including phenoxy) is 1. The molecule has 24 heavy (non-hydrogen) atoms. The van der Waals surface area contributed by atoms with Gasteiger partial charge < -0.3 is 14.6 Å². The van der Waals surface area contributed by atoms with Crippen molar-refractivity contribution >= 4 is 16.8 Å². The van der Waals surface area contributed by atoms with Crippen molar-refractivity contribution in [3.63, 3.8) is 0 Å². The van der Waals surface area contributed by atoms with Gasteiger partial charge in [0, 0.05) is 43.0 Å². The van der Waals surface area contributed by atoms with Gasteiger partial charge in [-0.15, -0.1) is 0 Å². The van der Waals surface area contributed by atoms with E-state index in [1.807, 2.05) is 65.7 Å². The molecule has 0 bridgehead atoms. The van der Waals surface area contributed by atoms with E-state index in [1.54, 1.807) is 0 Å². The summed E-state index contributed by atoms with van der Waals surface area (Å²) in [5.41, 5.74) is 1.76. The Morgan fingerprint density at radius 1 is 1.00 bits per heavy atom. The quantitative estimate of drug-likeness (QED) is 0.796. The molecule has 4 rings (SSSR count). The first kappa shape index (κ1) is 14.8. The first-order valence-corrected chi connectivity index (χ1v) is 8.38. The van der Waals surface area contributed by atoms with Crippen LogP contribution in [0.2, 0.25) is 0 Å². The van der Waals surface area contributed by atoms with Gasteiger partial charge in [0.2, 0.25) is 0 Å². The van der Waals surface area contributed by atoms with Crippen LogP contribution in [0.1, 0.15) is 23.2 Å². The van der Waals surface area contributed by atoms with Gasteiger partial charge in [-0.3, -0.25) is 4.79 Å². The third-order valence-electron chi connectivity index (χ3n) is 4.59. The molecule has 0 saturated carbocycles. The van der Waals surface area contributed by atoms with Crippen LogP contribution in [0.25, 0.3) is 10.9 Å². The molecule has 0 unspecified atom stereocenters. The lowest BCUT2D eigenvalue weighted by Crippen LogP contribution is -2.41. The fourth-order valence-corrected chi connectivity index (χ4v) is 3.29. The molecular weight excluding hydrogens is 300 g/mol. The number of H-pyrrole nitrogens is 1. The van der Waals surface area contributed by atoms with Crippen LogP contribution in [0.4, 0.5) is 0 Å². The number of carbonyl (C=O) groups excluding carboxylic acids is 1. The molecule has 1 fully saturated rings. The van der Waals surface area contributed by atoms with E-state index in [2.05, 4.69) is 4.98 Å². The van der Waals surface area contributed by atoms with Crippen LogP contribution in [0.3, 0.4) is 0 Å². The number of fused-ring (bicyclic) bond motifs is 1. The van der Waals surface area contributed by atoms with E-state index in [-0.39, 0.29) is 12.0 Å². The molecule has 1 N–H and O–H groups in total. The fraction of sp³-hybridized carbons (Fsp3) is 0.250. The number of carbonyl (C=O) groups is 1. The number of para-hydroxylation sites is 2. The number of nitrogens with zero attached hydrogens (tertiary/aromatic N) is 1. The Labute approximate surface area is 141 Å². The summed E-state index contributed by atoms with van der Waals surface area (Å²) in [7, 11) is 0. The molecule has 4 nitrogen and oxygen atoms in total. The highest BCUT2D eigenvalue weighted by atomic mass is 16.5. The van der Waals surface area contributed by atoms with Crippen LogP contribution in [-0.4, -0.2) is 35.0 Å². The van der Waals surface area contributed by atoms with E-state index in [9.17, 15) is 4.79 Å². The SMILES string of the molecule is O=C(c1c[nH]c2ccccc12)N1CCC(Oc2ccccc2)CC1. The zero-order chi connectivity index (χ0) is 16.4. The third-order valence-corrected chi connectivity index (χ3v) is 4.59. The summed E-state index contributed by atoms with van der Waals surface area (Å²) in [4.78, 5) is 17.9. The number of hydrogen-bond acceptors (Lipinski definition) is 2. The molecule has 3 aromatic rings. The predicted octanol–water partition coefficient (Wildman–Crippen LogP) is 3.85. The number of benzene rings is 2. The van der Waals surface area contributed by atoms with E-state index in [1.165, 1.54) is 0 Å². The third kappa shape index (κ3) is 2.87. The van der Waals surface area contributed by atoms with Crippen LogP contribution in [0.5, 0.6) is 5.75 Å². The maximum atomic E-state index is 12.8. The number of piperidine rings is 1. The number of nitrogens with one attached hydrogen (secondary N) is 1. The van der Waals surface area contributed by atoms with Crippen molar-refractivity contribution in [3.05, 3.63) is 66.4 Å². The van der Waals surface area contributed by atoms with E-state index < -0.39 is 0 Å². The fourth-order valence-electron chi connectivity index (χ4n) is 3.29. The number of aromatic amines is 1. The first-order valence-electron chi connectivity index (χ1n) is 8.38. The Balaban J connectivity index is 1.41. The Morgan fingerprint density at radius 2 is 1.71 bits per heavy atom. The van der Waals surface area contributed by atoms with Crippen LogP contribution in [-0.2, 0) is 0 Å². The van der Waals surface area contributed by atoms with E-state index in [0.29, 0.717) is 0 Å². The van der Waals surface area contributed by atoms with Gasteiger partial charge in [-0.05, 0) is 18.2 Å². The molecule has 0 radical (unpaired) electrons. The number of aromatic nitrogens is 1. The van der Waals surface area contributed by atoms with Gasteiger partial charge in [0.25, 0.3) is 5.91 Å². The van der Waals surface area contributed by atoms with Gasteiger partial charge in [-0.25, -0.2) is 0 Å². The van der Waals surface area contributed by atoms with Crippen LogP contribution >= 0.6 is 0 Å². The summed E-state index contributed by atoms with van der Waals surface area (Å²) < 4.78 is 6.00. The minimum absolute atomic E-state index is 0.102. The summed E-state index contributed by atoms with van der Waals surface area (Å²) in [6, 6.07) is 17.8. The maximum Gasteiger partial charge on any atom is 0.256 e. The lowest BCUT2D eigenvalue weighted by Gasteiger charge is -2.32. The second-order valence-electron chi connectivity index (χ2n) is 6.17. The van der Waals surface area contributed by atoms with Gasteiger partial charge in [0.1, 0.15) is 11.9 Å². The Hall–Kier alpha value is -2.75. The summed E-state index contributed by atoms with van der Waals surface area (Å²) in [6.07, 6.45) is 3.73. The van der Waals surface area contributed by atoms with Gasteiger partial charge in [0.05, 0.1) is 5.56 Å². The highest BCUT2D eigenvalue weighted by Crippen LogP contribution is 2.23. The zero-order valence-electron chi connectivity index (χ0n) is 13.4. The highest BCUT2D eigenvalue weighted by molar-refractivity contribution is 6.06. The molecular formula is C20H20N2O2. The predicted molar refractivity (Wildman–Crippen MR) is 94.3 cm³/mol. The Morgan fingerprint density at radius 3 is 2.50 bits per heavy atom. The maximum absolute atomic E-state index is 12.8. The van der Waals surface area contributed by atoms with Crippen LogP contribution < -0.4 is 4.74 Å². The number of rotatable bonds is 3.